The summed E-state index contributed by atoms with van der Waals surface area (Å²) in [6.45, 7) is 1.98. The quantitative estimate of drug-likeness (QED) is 0.725. The molecule has 0 bridgehead atoms. The highest BCUT2D eigenvalue weighted by Crippen LogP contribution is 2.35. The fraction of sp³-hybridized carbons (Fsp3) is 0.294. The Bertz CT molecular complexity index is 637. The van der Waals surface area contributed by atoms with Crippen LogP contribution in [0.2, 0.25) is 0 Å². The van der Waals surface area contributed by atoms with E-state index < -0.39 is 0 Å². The predicted octanol–water partition coefficient (Wildman–Crippen LogP) is 3.90. The summed E-state index contributed by atoms with van der Waals surface area (Å²) < 4.78 is 0. The number of fused-ring (bicyclic) bond motifs is 1. The lowest BCUT2D eigenvalue weighted by Gasteiger charge is -2.28. The SMILES string of the molecule is Cc1cc(O)ccc1NC1CCCc2ccc(O)cc21. The van der Waals surface area contributed by atoms with E-state index in [0.717, 1.165) is 30.5 Å². The number of hydrogen-bond donors (Lipinski definition) is 3. The first kappa shape index (κ1) is 12.9. The van der Waals surface area contributed by atoms with Crippen LogP contribution < -0.4 is 5.32 Å². The molecule has 104 valence electrons. The molecule has 1 aliphatic carbocycles. The van der Waals surface area contributed by atoms with Gasteiger partial charge in [-0.15, -0.1) is 0 Å². The molecule has 0 heterocycles. The van der Waals surface area contributed by atoms with Gasteiger partial charge in [-0.3, -0.25) is 0 Å². The van der Waals surface area contributed by atoms with Crippen molar-refractivity contribution in [3.63, 3.8) is 0 Å². The van der Waals surface area contributed by atoms with Crippen LogP contribution in [0.4, 0.5) is 5.69 Å². The lowest BCUT2D eigenvalue weighted by Crippen LogP contribution is -2.17. The molecule has 1 atom stereocenters. The molecular formula is C17H19NO2. The number of aryl methyl sites for hydroxylation is 2. The molecule has 0 aliphatic heterocycles. The molecule has 2 aromatic rings. The smallest absolute Gasteiger partial charge is 0.115 e. The third kappa shape index (κ3) is 2.44. The second kappa shape index (κ2) is 5.08. The Morgan fingerprint density at radius 3 is 2.60 bits per heavy atom. The first-order chi connectivity index (χ1) is 9.63. The largest absolute Gasteiger partial charge is 0.508 e. The van der Waals surface area contributed by atoms with Crippen LogP contribution in [-0.4, -0.2) is 10.2 Å². The minimum atomic E-state index is 0.217. The molecule has 3 rings (SSSR count). The molecule has 1 unspecified atom stereocenters. The van der Waals surface area contributed by atoms with Crippen LogP contribution in [0.1, 0.15) is 35.6 Å². The van der Waals surface area contributed by atoms with Gasteiger partial charge in [0, 0.05) is 5.69 Å². The zero-order valence-corrected chi connectivity index (χ0v) is 11.6. The van der Waals surface area contributed by atoms with Gasteiger partial charge in [-0.2, -0.15) is 0 Å². The highest BCUT2D eigenvalue weighted by molar-refractivity contribution is 5.55. The second-order valence-electron chi connectivity index (χ2n) is 5.47. The highest BCUT2D eigenvalue weighted by Gasteiger charge is 2.20. The van der Waals surface area contributed by atoms with Crippen LogP contribution >= 0.6 is 0 Å². The standard InChI is InChI=1S/C17H19NO2/c1-11-9-13(19)7-8-16(11)18-17-4-2-3-12-5-6-14(20)10-15(12)17/h5-10,17-20H,2-4H2,1H3. The van der Waals surface area contributed by atoms with Crippen LogP contribution in [0.3, 0.4) is 0 Å². The van der Waals surface area contributed by atoms with E-state index in [1.54, 1.807) is 18.2 Å². The molecule has 20 heavy (non-hydrogen) atoms. The van der Waals surface area contributed by atoms with Crippen LogP contribution in [-0.2, 0) is 6.42 Å². The molecule has 0 fully saturated rings. The van der Waals surface area contributed by atoms with Crippen molar-refractivity contribution in [2.24, 2.45) is 0 Å². The van der Waals surface area contributed by atoms with Crippen molar-refractivity contribution < 1.29 is 10.2 Å². The van der Waals surface area contributed by atoms with Crippen molar-refractivity contribution in [3.8, 4) is 11.5 Å². The summed E-state index contributed by atoms with van der Waals surface area (Å²) in [5, 5.41) is 22.7. The summed E-state index contributed by atoms with van der Waals surface area (Å²) in [4.78, 5) is 0. The van der Waals surface area contributed by atoms with E-state index in [1.165, 1.54) is 11.1 Å². The fourth-order valence-electron chi connectivity index (χ4n) is 2.93. The zero-order valence-electron chi connectivity index (χ0n) is 11.6. The van der Waals surface area contributed by atoms with Crippen molar-refractivity contribution in [3.05, 3.63) is 53.1 Å². The molecule has 2 aromatic carbocycles. The average molecular weight is 269 g/mol. The Balaban J connectivity index is 1.91. The van der Waals surface area contributed by atoms with Crippen molar-refractivity contribution in [2.75, 3.05) is 5.32 Å². The maximum atomic E-state index is 9.70. The summed E-state index contributed by atoms with van der Waals surface area (Å²) in [7, 11) is 0. The Morgan fingerprint density at radius 2 is 1.80 bits per heavy atom. The van der Waals surface area contributed by atoms with E-state index in [-0.39, 0.29) is 11.8 Å². The number of anilines is 1. The predicted molar refractivity (Wildman–Crippen MR) is 80.3 cm³/mol. The third-order valence-electron chi connectivity index (χ3n) is 3.98. The number of nitrogens with one attached hydrogen (secondary N) is 1. The summed E-state index contributed by atoms with van der Waals surface area (Å²) in [6, 6.07) is 11.2. The van der Waals surface area contributed by atoms with Gasteiger partial charge in [0.15, 0.2) is 0 Å². The molecular weight excluding hydrogens is 250 g/mol. The van der Waals surface area contributed by atoms with Crippen molar-refractivity contribution in [1.29, 1.82) is 0 Å². The molecule has 0 amide bonds. The van der Waals surface area contributed by atoms with E-state index in [9.17, 15) is 10.2 Å². The molecule has 0 radical (unpaired) electrons. The molecule has 3 heteroatoms. The summed E-state index contributed by atoms with van der Waals surface area (Å²) in [6.07, 6.45) is 3.27. The summed E-state index contributed by atoms with van der Waals surface area (Å²) in [5.41, 5.74) is 4.55. The van der Waals surface area contributed by atoms with Gasteiger partial charge in [-0.05, 0) is 73.2 Å². The van der Waals surface area contributed by atoms with Gasteiger partial charge in [-0.1, -0.05) is 6.07 Å². The van der Waals surface area contributed by atoms with Crippen molar-refractivity contribution in [2.45, 2.75) is 32.2 Å². The monoisotopic (exact) mass is 269 g/mol. The number of phenols is 2. The van der Waals surface area contributed by atoms with Crippen LogP contribution in [0.15, 0.2) is 36.4 Å². The normalized spacial score (nSPS) is 17.6. The number of benzene rings is 2. The molecule has 3 N–H and O–H groups in total. The Labute approximate surface area is 118 Å². The molecule has 0 spiro atoms. The van der Waals surface area contributed by atoms with Gasteiger partial charge in [0.25, 0.3) is 0 Å². The molecule has 0 saturated heterocycles. The van der Waals surface area contributed by atoms with Gasteiger partial charge >= 0.3 is 0 Å². The first-order valence-corrected chi connectivity index (χ1v) is 7.01. The minimum Gasteiger partial charge on any atom is -0.508 e. The number of phenolic OH excluding ortho intramolecular Hbond substituents is 2. The zero-order chi connectivity index (χ0) is 14.1. The van der Waals surface area contributed by atoms with Gasteiger partial charge in [-0.25, -0.2) is 0 Å². The van der Waals surface area contributed by atoms with E-state index >= 15 is 0 Å². The van der Waals surface area contributed by atoms with Crippen molar-refractivity contribution in [1.82, 2.24) is 0 Å². The van der Waals surface area contributed by atoms with E-state index in [0.29, 0.717) is 5.75 Å². The van der Waals surface area contributed by atoms with Gasteiger partial charge < -0.3 is 15.5 Å². The molecule has 0 saturated carbocycles. The molecule has 1 aliphatic rings. The van der Waals surface area contributed by atoms with Crippen LogP contribution in [0, 0.1) is 6.92 Å². The lowest BCUT2D eigenvalue weighted by atomic mass is 9.87. The minimum absolute atomic E-state index is 0.217. The number of rotatable bonds is 2. The molecule has 0 aromatic heterocycles. The Morgan fingerprint density at radius 1 is 1.05 bits per heavy atom. The van der Waals surface area contributed by atoms with Gasteiger partial charge in [0.1, 0.15) is 11.5 Å². The van der Waals surface area contributed by atoms with Gasteiger partial charge in [0.2, 0.25) is 0 Å². The first-order valence-electron chi connectivity index (χ1n) is 7.01. The molecule has 3 nitrogen and oxygen atoms in total. The maximum absolute atomic E-state index is 9.70. The van der Waals surface area contributed by atoms with Gasteiger partial charge in [0.05, 0.1) is 6.04 Å². The van der Waals surface area contributed by atoms with E-state index in [4.69, 9.17) is 0 Å². The van der Waals surface area contributed by atoms with E-state index in [1.807, 2.05) is 25.1 Å². The maximum Gasteiger partial charge on any atom is 0.115 e. The highest BCUT2D eigenvalue weighted by atomic mass is 16.3. The topological polar surface area (TPSA) is 52.5 Å². The lowest BCUT2D eigenvalue weighted by molar-refractivity contribution is 0.471. The van der Waals surface area contributed by atoms with Crippen molar-refractivity contribution >= 4 is 5.69 Å². The van der Waals surface area contributed by atoms with E-state index in [2.05, 4.69) is 5.32 Å². The summed E-state index contributed by atoms with van der Waals surface area (Å²) in [5.74, 6) is 0.606. The average Bonchev–Trinajstić information content (AvgIpc) is 2.42. The Hall–Kier alpha value is -2.16. The number of aromatic hydroxyl groups is 2. The summed E-state index contributed by atoms with van der Waals surface area (Å²) >= 11 is 0. The van der Waals surface area contributed by atoms with Crippen LogP contribution in [0.5, 0.6) is 11.5 Å². The van der Waals surface area contributed by atoms with Crippen LogP contribution in [0.25, 0.3) is 0 Å². The Kier molecular flexibility index (Phi) is 3.26. The number of hydrogen-bond acceptors (Lipinski definition) is 3. The third-order valence-corrected chi connectivity index (χ3v) is 3.98. The second-order valence-corrected chi connectivity index (χ2v) is 5.47. The fourth-order valence-corrected chi connectivity index (χ4v) is 2.93.